The van der Waals surface area contributed by atoms with Crippen molar-refractivity contribution in [2.45, 2.75) is 38.0 Å². The molecule has 140 valence electrons. The number of benzene rings is 2. The fraction of sp³-hybridized carbons (Fsp3) is 0.421. The Morgan fingerprint density at radius 1 is 1.08 bits per heavy atom. The van der Waals surface area contributed by atoms with Crippen LogP contribution in [0.15, 0.2) is 30.3 Å². The first kappa shape index (κ1) is 19.3. The van der Waals surface area contributed by atoms with Crippen LogP contribution in [0.5, 0.6) is 5.75 Å². The Morgan fingerprint density at radius 3 is 2.38 bits per heavy atom. The highest BCUT2D eigenvalue weighted by molar-refractivity contribution is 14.1. The van der Waals surface area contributed by atoms with Crippen molar-refractivity contribution >= 4 is 39.3 Å². The molecule has 2 aromatic rings. The van der Waals surface area contributed by atoms with Crippen molar-refractivity contribution in [2.24, 2.45) is 5.92 Å². The van der Waals surface area contributed by atoms with Crippen molar-refractivity contribution in [3.8, 4) is 5.75 Å². The van der Waals surface area contributed by atoms with Crippen LogP contribution < -0.4 is 4.74 Å². The van der Waals surface area contributed by atoms with E-state index in [1.807, 2.05) is 6.07 Å². The van der Waals surface area contributed by atoms with E-state index in [0.717, 1.165) is 14.3 Å². The van der Waals surface area contributed by atoms with E-state index in [-0.39, 0.29) is 18.9 Å². The standard InChI is InChI=1S/C19H18F3IO3/c1-25-18(24)15-4-2-3-14-13(15)9-10-16(17(14)23)26-12-7-5-11(6-8-12)19(20,21)22/h2-4,9-12H,5-8H2,1H3. The third-order valence-electron chi connectivity index (χ3n) is 4.80. The number of ether oxygens (including phenoxy) is 2. The van der Waals surface area contributed by atoms with Crippen LogP contribution in [0.25, 0.3) is 10.8 Å². The Balaban J connectivity index is 1.80. The van der Waals surface area contributed by atoms with Gasteiger partial charge in [0.15, 0.2) is 0 Å². The van der Waals surface area contributed by atoms with E-state index in [1.54, 1.807) is 24.3 Å². The van der Waals surface area contributed by atoms with E-state index in [2.05, 4.69) is 22.6 Å². The summed E-state index contributed by atoms with van der Waals surface area (Å²) in [6.45, 7) is 0. The van der Waals surface area contributed by atoms with E-state index in [0.29, 0.717) is 24.2 Å². The predicted octanol–water partition coefficient (Wildman–Crippen LogP) is 5.73. The monoisotopic (exact) mass is 478 g/mol. The minimum atomic E-state index is -4.12. The number of alkyl halides is 3. The van der Waals surface area contributed by atoms with Crippen molar-refractivity contribution in [3.63, 3.8) is 0 Å². The number of carbonyl (C=O) groups is 1. The van der Waals surface area contributed by atoms with E-state index in [4.69, 9.17) is 9.47 Å². The molecule has 7 heteroatoms. The van der Waals surface area contributed by atoms with E-state index < -0.39 is 18.1 Å². The molecule has 0 atom stereocenters. The minimum absolute atomic E-state index is 0.102. The van der Waals surface area contributed by atoms with E-state index in [9.17, 15) is 18.0 Å². The van der Waals surface area contributed by atoms with Gasteiger partial charge in [0, 0.05) is 0 Å². The molecule has 26 heavy (non-hydrogen) atoms. The first-order valence-corrected chi connectivity index (χ1v) is 9.42. The summed E-state index contributed by atoms with van der Waals surface area (Å²) in [7, 11) is 1.33. The van der Waals surface area contributed by atoms with Gasteiger partial charge in [-0.1, -0.05) is 12.1 Å². The summed E-state index contributed by atoms with van der Waals surface area (Å²) in [5.41, 5.74) is 0.472. The average Bonchev–Trinajstić information content (AvgIpc) is 2.62. The van der Waals surface area contributed by atoms with E-state index in [1.165, 1.54) is 7.11 Å². The van der Waals surface area contributed by atoms with Gasteiger partial charge in [0.1, 0.15) is 5.75 Å². The van der Waals surface area contributed by atoms with Gasteiger partial charge in [-0.3, -0.25) is 0 Å². The summed E-state index contributed by atoms with van der Waals surface area (Å²) >= 11 is 2.15. The first-order chi connectivity index (χ1) is 12.3. The molecule has 1 saturated carbocycles. The van der Waals surface area contributed by atoms with Crippen LogP contribution in [0.3, 0.4) is 0 Å². The van der Waals surface area contributed by atoms with Gasteiger partial charge in [-0.05, 0) is 77.2 Å². The molecule has 1 aliphatic carbocycles. The molecule has 0 amide bonds. The molecular formula is C19H18F3IO3. The highest BCUT2D eigenvalue weighted by Crippen LogP contribution is 2.39. The zero-order valence-corrected chi connectivity index (χ0v) is 16.3. The van der Waals surface area contributed by atoms with E-state index >= 15 is 0 Å². The Labute approximate surface area is 163 Å². The molecule has 0 unspecified atom stereocenters. The number of halogens is 4. The van der Waals surface area contributed by atoms with Crippen LogP contribution in [0.1, 0.15) is 36.0 Å². The molecule has 0 aliphatic heterocycles. The summed E-state index contributed by atoms with van der Waals surface area (Å²) in [6.07, 6.45) is -3.35. The molecule has 0 bridgehead atoms. The normalized spacial score (nSPS) is 20.8. The molecule has 1 aliphatic rings. The maximum Gasteiger partial charge on any atom is 0.391 e. The molecule has 0 aromatic heterocycles. The summed E-state index contributed by atoms with van der Waals surface area (Å²) in [5.74, 6) is -0.998. The summed E-state index contributed by atoms with van der Waals surface area (Å²) in [4.78, 5) is 11.9. The maximum atomic E-state index is 12.8. The molecule has 0 saturated heterocycles. The highest BCUT2D eigenvalue weighted by Gasteiger charge is 2.41. The largest absolute Gasteiger partial charge is 0.489 e. The number of hydrogen-bond acceptors (Lipinski definition) is 3. The quantitative estimate of drug-likeness (QED) is 0.418. The molecule has 0 radical (unpaired) electrons. The molecule has 1 fully saturated rings. The van der Waals surface area contributed by atoms with Crippen LogP contribution >= 0.6 is 22.6 Å². The summed E-state index contributed by atoms with van der Waals surface area (Å²) < 4.78 is 50.0. The van der Waals surface area contributed by atoms with Crippen molar-refractivity contribution < 1.29 is 27.4 Å². The molecule has 0 heterocycles. The first-order valence-electron chi connectivity index (χ1n) is 8.34. The van der Waals surface area contributed by atoms with Gasteiger partial charge >= 0.3 is 12.1 Å². The Morgan fingerprint density at radius 2 is 1.77 bits per heavy atom. The lowest BCUT2D eigenvalue weighted by Crippen LogP contribution is -2.32. The SMILES string of the molecule is COC(=O)c1cccc2c(I)c(OC3CCC(C(F)(F)F)CC3)ccc12. The zero-order valence-electron chi connectivity index (χ0n) is 14.1. The average molecular weight is 478 g/mol. The number of carbonyl (C=O) groups excluding carboxylic acids is 1. The predicted molar refractivity (Wildman–Crippen MR) is 100 cm³/mol. The molecule has 3 nitrogen and oxygen atoms in total. The van der Waals surface area contributed by atoms with Gasteiger partial charge in [0.25, 0.3) is 0 Å². The lowest BCUT2D eigenvalue weighted by molar-refractivity contribution is -0.185. The van der Waals surface area contributed by atoms with Crippen molar-refractivity contribution in [3.05, 3.63) is 39.5 Å². The summed E-state index contributed by atoms with van der Waals surface area (Å²) in [6, 6.07) is 8.92. The van der Waals surface area contributed by atoms with Crippen molar-refractivity contribution in [2.75, 3.05) is 7.11 Å². The fourth-order valence-corrected chi connectivity index (χ4v) is 4.14. The van der Waals surface area contributed by atoms with Crippen LogP contribution in [0, 0.1) is 9.49 Å². The molecule has 0 spiro atoms. The second kappa shape index (κ2) is 7.62. The molecule has 0 N–H and O–H groups in total. The van der Waals surface area contributed by atoms with Crippen LogP contribution in [-0.4, -0.2) is 25.4 Å². The topological polar surface area (TPSA) is 35.5 Å². The van der Waals surface area contributed by atoms with Crippen LogP contribution in [0.4, 0.5) is 13.2 Å². The number of hydrogen-bond donors (Lipinski definition) is 0. The van der Waals surface area contributed by atoms with Crippen molar-refractivity contribution in [1.82, 2.24) is 0 Å². The maximum absolute atomic E-state index is 12.8. The Bertz CT molecular complexity index is 812. The van der Waals surface area contributed by atoms with Gasteiger partial charge in [0.2, 0.25) is 0 Å². The highest BCUT2D eigenvalue weighted by atomic mass is 127. The van der Waals surface area contributed by atoms with Gasteiger partial charge in [-0.2, -0.15) is 13.2 Å². The van der Waals surface area contributed by atoms with Crippen LogP contribution in [0.2, 0.25) is 0 Å². The third kappa shape index (κ3) is 3.92. The molecule has 3 rings (SSSR count). The van der Waals surface area contributed by atoms with Crippen molar-refractivity contribution in [1.29, 1.82) is 0 Å². The smallest absolute Gasteiger partial charge is 0.391 e. The molecular weight excluding hydrogens is 460 g/mol. The number of esters is 1. The van der Waals surface area contributed by atoms with Gasteiger partial charge < -0.3 is 9.47 Å². The summed E-state index contributed by atoms with van der Waals surface area (Å²) in [5, 5.41) is 1.62. The van der Waals surface area contributed by atoms with Gasteiger partial charge in [-0.15, -0.1) is 0 Å². The molecule has 2 aromatic carbocycles. The second-order valence-electron chi connectivity index (χ2n) is 6.40. The van der Waals surface area contributed by atoms with Gasteiger partial charge in [0.05, 0.1) is 28.3 Å². The minimum Gasteiger partial charge on any atom is -0.489 e. The van der Waals surface area contributed by atoms with Crippen LogP contribution in [-0.2, 0) is 4.74 Å². The lowest BCUT2D eigenvalue weighted by Gasteiger charge is -2.30. The lowest BCUT2D eigenvalue weighted by atomic mass is 9.87. The number of methoxy groups -OCH3 is 1. The number of rotatable bonds is 3. The Kier molecular flexibility index (Phi) is 5.64. The second-order valence-corrected chi connectivity index (χ2v) is 7.48. The Hall–Kier alpha value is -1.51. The fourth-order valence-electron chi connectivity index (χ4n) is 3.37. The number of fused-ring (bicyclic) bond motifs is 1. The van der Waals surface area contributed by atoms with Gasteiger partial charge in [-0.25, -0.2) is 4.79 Å². The third-order valence-corrected chi connectivity index (χ3v) is 5.91. The zero-order chi connectivity index (χ0) is 18.9.